The summed E-state index contributed by atoms with van der Waals surface area (Å²) in [6, 6.07) is 14.3. The van der Waals surface area contributed by atoms with Crippen molar-refractivity contribution in [2.45, 2.75) is 124 Å². The second-order valence-electron chi connectivity index (χ2n) is 14.1. The molecule has 172 valence electrons. The highest BCUT2D eigenvalue weighted by molar-refractivity contribution is 5.53. The molecule has 0 heteroatoms. The molecule has 0 aromatic heterocycles. The summed E-state index contributed by atoms with van der Waals surface area (Å²) < 4.78 is 0. The van der Waals surface area contributed by atoms with Gasteiger partial charge in [0.05, 0.1) is 0 Å². The van der Waals surface area contributed by atoms with Gasteiger partial charge in [-0.2, -0.15) is 0 Å². The second kappa shape index (κ2) is 7.79. The van der Waals surface area contributed by atoms with Gasteiger partial charge in [0.1, 0.15) is 0 Å². The molecule has 0 amide bonds. The van der Waals surface area contributed by atoms with Gasteiger partial charge in [0.25, 0.3) is 0 Å². The molecule has 0 aliphatic heterocycles. The minimum Gasteiger partial charge on any atom is -0.0582 e. The predicted molar refractivity (Wildman–Crippen MR) is 140 cm³/mol. The lowest BCUT2D eigenvalue weighted by Gasteiger charge is -2.39. The molecule has 0 saturated heterocycles. The first kappa shape index (κ1) is 25.7. The Kier molecular flexibility index (Phi) is 6.46. The van der Waals surface area contributed by atoms with E-state index in [9.17, 15) is 0 Å². The fourth-order valence-electron chi connectivity index (χ4n) is 4.55. The zero-order valence-electron chi connectivity index (χ0n) is 23.0. The average molecular weight is 421 g/mol. The van der Waals surface area contributed by atoms with Crippen molar-refractivity contribution in [3.8, 4) is 0 Å². The van der Waals surface area contributed by atoms with Gasteiger partial charge >= 0.3 is 0 Å². The molecular formula is C31H48. The molecule has 2 aromatic carbocycles. The third-order valence-electron chi connectivity index (χ3n) is 6.70. The van der Waals surface area contributed by atoms with Crippen molar-refractivity contribution < 1.29 is 0 Å². The van der Waals surface area contributed by atoms with Crippen LogP contribution in [0.25, 0.3) is 0 Å². The Morgan fingerprint density at radius 1 is 0.387 bits per heavy atom. The Hall–Kier alpha value is -1.56. The number of rotatable bonds is 2. The number of benzene rings is 2. The van der Waals surface area contributed by atoms with Crippen LogP contribution in [-0.2, 0) is 27.1 Å². The summed E-state index contributed by atoms with van der Waals surface area (Å²) in [5.74, 6) is 0. The smallest absolute Gasteiger partial charge is 0.0146 e. The van der Waals surface area contributed by atoms with Crippen LogP contribution in [0.15, 0.2) is 36.4 Å². The van der Waals surface area contributed by atoms with E-state index in [4.69, 9.17) is 0 Å². The fourth-order valence-corrected chi connectivity index (χ4v) is 4.55. The van der Waals surface area contributed by atoms with E-state index in [1.54, 1.807) is 0 Å². The van der Waals surface area contributed by atoms with Crippen LogP contribution < -0.4 is 0 Å². The lowest BCUT2D eigenvalue weighted by Crippen LogP contribution is -2.30. The van der Waals surface area contributed by atoms with E-state index < -0.39 is 0 Å². The standard InChI is InChI=1S/C31H48/c1-27(2,3)21-15-17-22(18-16-21)31(13,14)23-19-24(28(4,5)6)26(30(10,11)12)25(20-23)29(7,8)9/h15-20H,1-14H3. The Labute approximate surface area is 193 Å². The maximum Gasteiger partial charge on any atom is 0.0146 e. The molecule has 0 unspecified atom stereocenters. The van der Waals surface area contributed by atoms with Gasteiger partial charge in [-0.3, -0.25) is 0 Å². The minimum atomic E-state index is -0.0627. The Morgan fingerprint density at radius 2 is 0.742 bits per heavy atom. The van der Waals surface area contributed by atoms with Crippen LogP contribution in [0, 0.1) is 0 Å². The maximum absolute atomic E-state index is 2.51. The topological polar surface area (TPSA) is 0 Å². The molecular weight excluding hydrogens is 372 g/mol. The third kappa shape index (κ3) is 5.44. The normalized spacial score (nSPS) is 14.1. The highest BCUT2D eigenvalue weighted by atomic mass is 14.4. The SMILES string of the molecule is CC(C)(C)c1ccc(C(C)(C)c2cc(C(C)(C)C)c(C(C)(C)C)c(C(C)(C)C)c2)cc1. The second-order valence-corrected chi connectivity index (χ2v) is 14.1. The average Bonchev–Trinajstić information content (AvgIpc) is 2.57. The van der Waals surface area contributed by atoms with E-state index in [0.717, 1.165) is 0 Å². The molecule has 0 N–H and O–H groups in total. The maximum atomic E-state index is 2.51. The molecule has 0 aliphatic rings. The summed E-state index contributed by atoms with van der Waals surface area (Å²) in [5, 5.41) is 0. The zero-order chi connectivity index (χ0) is 24.2. The van der Waals surface area contributed by atoms with E-state index in [2.05, 4.69) is 133 Å². The number of hydrogen-bond acceptors (Lipinski definition) is 0. The molecule has 0 aliphatic carbocycles. The lowest BCUT2D eigenvalue weighted by molar-refractivity contribution is 0.493. The Bertz CT molecular complexity index is 873. The van der Waals surface area contributed by atoms with E-state index in [1.165, 1.54) is 33.4 Å². The predicted octanol–water partition coefficient (Wildman–Crippen LogP) is 9.20. The van der Waals surface area contributed by atoms with Crippen molar-refractivity contribution in [3.63, 3.8) is 0 Å². The molecule has 0 saturated carbocycles. The molecule has 0 spiro atoms. The van der Waals surface area contributed by atoms with Gasteiger partial charge in [-0.25, -0.2) is 0 Å². The summed E-state index contributed by atoms with van der Waals surface area (Å²) in [6.45, 7) is 32.9. The summed E-state index contributed by atoms with van der Waals surface area (Å²) in [6.07, 6.45) is 0. The van der Waals surface area contributed by atoms with E-state index in [0.29, 0.717) is 0 Å². The molecule has 0 fully saturated rings. The van der Waals surface area contributed by atoms with Crippen molar-refractivity contribution in [1.82, 2.24) is 0 Å². The van der Waals surface area contributed by atoms with Gasteiger partial charge in [-0.15, -0.1) is 0 Å². The van der Waals surface area contributed by atoms with E-state index in [1.807, 2.05) is 0 Å². The van der Waals surface area contributed by atoms with Crippen LogP contribution >= 0.6 is 0 Å². The van der Waals surface area contributed by atoms with Crippen LogP contribution in [-0.4, -0.2) is 0 Å². The fraction of sp³-hybridized carbons (Fsp3) is 0.613. The largest absolute Gasteiger partial charge is 0.0582 e. The summed E-state index contributed by atoms with van der Waals surface area (Å²) >= 11 is 0. The van der Waals surface area contributed by atoms with E-state index in [-0.39, 0.29) is 27.1 Å². The molecule has 0 nitrogen and oxygen atoms in total. The lowest BCUT2D eigenvalue weighted by atomic mass is 9.65. The van der Waals surface area contributed by atoms with E-state index >= 15 is 0 Å². The molecule has 2 rings (SSSR count). The highest BCUT2D eigenvalue weighted by Crippen LogP contribution is 2.44. The molecule has 0 radical (unpaired) electrons. The molecule has 0 atom stereocenters. The zero-order valence-corrected chi connectivity index (χ0v) is 23.0. The Morgan fingerprint density at radius 3 is 1.03 bits per heavy atom. The van der Waals surface area contributed by atoms with Crippen LogP contribution in [0.2, 0.25) is 0 Å². The van der Waals surface area contributed by atoms with Crippen LogP contribution in [0.3, 0.4) is 0 Å². The molecule has 0 heterocycles. The van der Waals surface area contributed by atoms with Crippen molar-refractivity contribution in [1.29, 1.82) is 0 Å². The van der Waals surface area contributed by atoms with Crippen molar-refractivity contribution in [3.05, 3.63) is 69.8 Å². The minimum absolute atomic E-state index is 0.0627. The first-order valence-electron chi connectivity index (χ1n) is 12.0. The van der Waals surface area contributed by atoms with Gasteiger partial charge in [-0.1, -0.05) is 133 Å². The summed E-state index contributed by atoms with van der Waals surface area (Å²) in [4.78, 5) is 0. The van der Waals surface area contributed by atoms with Gasteiger partial charge < -0.3 is 0 Å². The first-order chi connectivity index (χ1) is 13.7. The van der Waals surface area contributed by atoms with Gasteiger partial charge in [0.2, 0.25) is 0 Å². The summed E-state index contributed by atoms with van der Waals surface area (Å²) in [5.41, 5.74) is 9.07. The van der Waals surface area contributed by atoms with Gasteiger partial charge in [-0.05, 0) is 55.0 Å². The van der Waals surface area contributed by atoms with Gasteiger partial charge in [0, 0.05) is 5.41 Å². The molecule has 2 aromatic rings. The van der Waals surface area contributed by atoms with Gasteiger partial charge in [0.15, 0.2) is 0 Å². The Balaban J connectivity index is 2.82. The van der Waals surface area contributed by atoms with Crippen molar-refractivity contribution >= 4 is 0 Å². The molecule has 31 heavy (non-hydrogen) atoms. The highest BCUT2D eigenvalue weighted by Gasteiger charge is 2.35. The van der Waals surface area contributed by atoms with Crippen molar-refractivity contribution in [2.75, 3.05) is 0 Å². The monoisotopic (exact) mass is 420 g/mol. The van der Waals surface area contributed by atoms with Crippen LogP contribution in [0.5, 0.6) is 0 Å². The first-order valence-corrected chi connectivity index (χ1v) is 12.0. The van der Waals surface area contributed by atoms with Crippen LogP contribution in [0.4, 0.5) is 0 Å². The van der Waals surface area contributed by atoms with Crippen molar-refractivity contribution in [2.24, 2.45) is 0 Å². The summed E-state index contributed by atoms with van der Waals surface area (Å²) in [7, 11) is 0. The van der Waals surface area contributed by atoms with Crippen LogP contribution in [0.1, 0.15) is 130 Å². The third-order valence-corrected chi connectivity index (χ3v) is 6.70. The molecule has 0 bridgehead atoms. The number of hydrogen-bond donors (Lipinski definition) is 0. The quantitative estimate of drug-likeness (QED) is 0.454.